The molecule has 4 heteroatoms. The molecule has 0 amide bonds. The maximum atomic E-state index is 11.1. The molecule has 0 fully saturated rings. The first kappa shape index (κ1) is 9.71. The lowest BCUT2D eigenvalue weighted by molar-refractivity contribution is 0.100. The summed E-state index contributed by atoms with van der Waals surface area (Å²) in [5, 5.41) is 0.587. The van der Waals surface area contributed by atoms with Gasteiger partial charge < -0.3 is 5.73 Å². The summed E-state index contributed by atoms with van der Waals surface area (Å²) in [4.78, 5) is 11.1. The number of benzene rings is 1. The van der Waals surface area contributed by atoms with Crippen LogP contribution in [-0.2, 0) is 0 Å². The van der Waals surface area contributed by atoms with Crippen molar-refractivity contribution < 1.29 is 4.79 Å². The highest BCUT2D eigenvalue weighted by atomic mass is 79.9. The second-order valence-electron chi connectivity index (χ2n) is 2.26. The maximum Gasteiger partial charge on any atom is 0.176 e. The Morgan fingerprint density at radius 3 is 2.75 bits per heavy atom. The van der Waals surface area contributed by atoms with E-state index >= 15 is 0 Å². The number of halogens is 2. The number of rotatable bonds is 2. The molecule has 2 N–H and O–H groups in total. The average molecular weight is 249 g/mol. The lowest BCUT2D eigenvalue weighted by Gasteiger charge is -1.99. The largest absolute Gasteiger partial charge is 0.324 e. The van der Waals surface area contributed by atoms with Crippen LogP contribution in [0.5, 0.6) is 0 Å². The molecule has 0 aliphatic heterocycles. The molecule has 0 aliphatic carbocycles. The molecule has 1 rings (SSSR count). The summed E-state index contributed by atoms with van der Waals surface area (Å²) < 4.78 is 0.712. The summed E-state index contributed by atoms with van der Waals surface area (Å²) in [5.41, 5.74) is 5.77. The molecule has 0 aromatic heterocycles. The molecule has 2 nitrogen and oxygen atoms in total. The third-order valence-corrected chi connectivity index (χ3v) is 2.64. The Morgan fingerprint density at radius 2 is 2.25 bits per heavy atom. The van der Waals surface area contributed by atoms with Crippen molar-refractivity contribution in [1.29, 1.82) is 0 Å². The molecular formula is C8H7BrClNO. The molecule has 1 aromatic rings. The SMILES string of the molecule is NCC(=O)c1ccc(Cl)c(Br)c1. The highest BCUT2D eigenvalue weighted by Gasteiger charge is 2.04. The Morgan fingerprint density at radius 1 is 1.58 bits per heavy atom. The Balaban J connectivity index is 3.05. The number of Topliss-reactive ketones (excluding diaryl/α,β-unsaturated/α-hetero) is 1. The minimum absolute atomic E-state index is 0.0219. The van der Waals surface area contributed by atoms with Crippen molar-refractivity contribution in [3.05, 3.63) is 33.3 Å². The van der Waals surface area contributed by atoms with Crippen LogP contribution in [0.25, 0.3) is 0 Å². The molecule has 0 spiro atoms. The third kappa shape index (κ3) is 2.06. The van der Waals surface area contributed by atoms with Gasteiger partial charge in [-0.2, -0.15) is 0 Å². The summed E-state index contributed by atoms with van der Waals surface area (Å²) in [6.45, 7) is 0.0219. The van der Waals surface area contributed by atoms with Crippen LogP contribution in [0.3, 0.4) is 0 Å². The number of carbonyl (C=O) groups is 1. The van der Waals surface area contributed by atoms with Gasteiger partial charge in [0, 0.05) is 10.0 Å². The molecule has 0 aliphatic rings. The van der Waals surface area contributed by atoms with Crippen LogP contribution in [0.1, 0.15) is 10.4 Å². The molecule has 64 valence electrons. The van der Waals surface area contributed by atoms with Crippen LogP contribution in [0.4, 0.5) is 0 Å². The van der Waals surface area contributed by atoms with Crippen LogP contribution in [0.15, 0.2) is 22.7 Å². The molecule has 0 heterocycles. The van der Waals surface area contributed by atoms with E-state index in [1.54, 1.807) is 18.2 Å². The standard InChI is InChI=1S/C8H7BrClNO/c9-6-3-5(8(12)4-11)1-2-7(6)10/h1-3H,4,11H2. The zero-order chi connectivity index (χ0) is 9.14. The van der Waals surface area contributed by atoms with Gasteiger partial charge in [-0.15, -0.1) is 0 Å². The lowest BCUT2D eigenvalue weighted by atomic mass is 10.1. The Bertz CT molecular complexity index is 314. The maximum absolute atomic E-state index is 11.1. The van der Waals surface area contributed by atoms with Gasteiger partial charge in [0.2, 0.25) is 0 Å². The summed E-state index contributed by atoms with van der Waals surface area (Å²) in [6.07, 6.45) is 0. The molecule has 0 saturated carbocycles. The molecule has 0 saturated heterocycles. The molecule has 0 atom stereocenters. The van der Waals surface area contributed by atoms with E-state index in [-0.39, 0.29) is 12.3 Å². The molecule has 1 aromatic carbocycles. The minimum Gasteiger partial charge on any atom is -0.324 e. The number of nitrogens with two attached hydrogens (primary N) is 1. The van der Waals surface area contributed by atoms with Crippen molar-refractivity contribution in [2.24, 2.45) is 5.73 Å². The van der Waals surface area contributed by atoms with Crippen LogP contribution in [0, 0.1) is 0 Å². The van der Waals surface area contributed by atoms with Crippen molar-refractivity contribution in [1.82, 2.24) is 0 Å². The van der Waals surface area contributed by atoms with Gasteiger partial charge in [0.15, 0.2) is 5.78 Å². The third-order valence-electron chi connectivity index (χ3n) is 1.43. The molecule has 0 radical (unpaired) electrons. The monoisotopic (exact) mass is 247 g/mol. The van der Waals surface area contributed by atoms with Gasteiger partial charge >= 0.3 is 0 Å². The zero-order valence-electron chi connectivity index (χ0n) is 6.18. The number of hydrogen-bond acceptors (Lipinski definition) is 2. The molecule has 12 heavy (non-hydrogen) atoms. The van der Waals surface area contributed by atoms with Gasteiger partial charge in [-0.05, 0) is 34.1 Å². The van der Waals surface area contributed by atoms with E-state index < -0.39 is 0 Å². The molecular weight excluding hydrogens is 241 g/mol. The predicted octanol–water partition coefficient (Wildman–Crippen LogP) is 2.24. The summed E-state index contributed by atoms with van der Waals surface area (Å²) in [5.74, 6) is -0.0904. The van der Waals surface area contributed by atoms with E-state index in [0.29, 0.717) is 15.1 Å². The van der Waals surface area contributed by atoms with E-state index in [4.69, 9.17) is 17.3 Å². The van der Waals surface area contributed by atoms with Crippen LogP contribution >= 0.6 is 27.5 Å². The summed E-state index contributed by atoms with van der Waals surface area (Å²) in [6, 6.07) is 4.98. The van der Waals surface area contributed by atoms with Crippen molar-refractivity contribution >= 4 is 33.3 Å². The fraction of sp³-hybridized carbons (Fsp3) is 0.125. The minimum atomic E-state index is -0.0904. The number of ketones is 1. The Labute approximate surface area is 83.8 Å². The topological polar surface area (TPSA) is 43.1 Å². The van der Waals surface area contributed by atoms with Gasteiger partial charge in [0.25, 0.3) is 0 Å². The lowest BCUT2D eigenvalue weighted by Crippen LogP contribution is -2.13. The highest BCUT2D eigenvalue weighted by molar-refractivity contribution is 9.10. The molecule has 0 unspecified atom stereocenters. The average Bonchev–Trinajstić information content (AvgIpc) is 2.08. The van der Waals surface area contributed by atoms with Gasteiger partial charge in [-0.3, -0.25) is 4.79 Å². The second kappa shape index (κ2) is 4.03. The number of hydrogen-bond donors (Lipinski definition) is 1. The van der Waals surface area contributed by atoms with Crippen molar-refractivity contribution in [2.75, 3.05) is 6.54 Å². The first-order valence-electron chi connectivity index (χ1n) is 3.33. The quantitative estimate of drug-likeness (QED) is 0.816. The molecule has 0 bridgehead atoms. The van der Waals surface area contributed by atoms with E-state index in [0.717, 1.165) is 0 Å². The Hall–Kier alpha value is -0.380. The first-order chi connectivity index (χ1) is 5.65. The number of carbonyl (C=O) groups excluding carboxylic acids is 1. The van der Waals surface area contributed by atoms with Crippen LogP contribution in [-0.4, -0.2) is 12.3 Å². The van der Waals surface area contributed by atoms with Gasteiger partial charge in [0.05, 0.1) is 11.6 Å². The smallest absolute Gasteiger partial charge is 0.176 e. The summed E-state index contributed by atoms with van der Waals surface area (Å²) in [7, 11) is 0. The zero-order valence-corrected chi connectivity index (χ0v) is 8.52. The highest BCUT2D eigenvalue weighted by Crippen LogP contribution is 2.23. The van der Waals surface area contributed by atoms with Crippen molar-refractivity contribution in [2.45, 2.75) is 0 Å². The first-order valence-corrected chi connectivity index (χ1v) is 4.50. The fourth-order valence-electron chi connectivity index (χ4n) is 0.787. The van der Waals surface area contributed by atoms with Gasteiger partial charge in [0.1, 0.15) is 0 Å². The second-order valence-corrected chi connectivity index (χ2v) is 3.52. The summed E-state index contributed by atoms with van der Waals surface area (Å²) >= 11 is 8.96. The van der Waals surface area contributed by atoms with E-state index in [9.17, 15) is 4.79 Å². The fourth-order valence-corrected chi connectivity index (χ4v) is 1.28. The predicted molar refractivity (Wildman–Crippen MR) is 52.5 cm³/mol. The van der Waals surface area contributed by atoms with E-state index in [2.05, 4.69) is 15.9 Å². The van der Waals surface area contributed by atoms with Gasteiger partial charge in [-0.25, -0.2) is 0 Å². The van der Waals surface area contributed by atoms with Crippen LogP contribution < -0.4 is 5.73 Å². The van der Waals surface area contributed by atoms with Crippen molar-refractivity contribution in [3.8, 4) is 0 Å². The van der Waals surface area contributed by atoms with Gasteiger partial charge in [-0.1, -0.05) is 11.6 Å². The Kier molecular flexibility index (Phi) is 3.26. The van der Waals surface area contributed by atoms with E-state index in [1.165, 1.54) is 0 Å². The van der Waals surface area contributed by atoms with Crippen LogP contribution in [0.2, 0.25) is 5.02 Å². The normalized spacial score (nSPS) is 9.92. The van der Waals surface area contributed by atoms with E-state index in [1.807, 2.05) is 0 Å². The van der Waals surface area contributed by atoms with Crippen molar-refractivity contribution in [3.63, 3.8) is 0 Å².